The van der Waals surface area contributed by atoms with Gasteiger partial charge in [-0.15, -0.1) is 0 Å². The molecule has 286 valence electrons. The Morgan fingerprint density at radius 3 is 2.46 bits per heavy atom. The Kier molecular flexibility index (Phi) is 10.3. The Balaban J connectivity index is 1.18. The van der Waals surface area contributed by atoms with Crippen LogP contribution in [0.4, 0.5) is 24.8 Å². The van der Waals surface area contributed by atoms with Gasteiger partial charge in [-0.1, -0.05) is 12.8 Å². The Labute approximate surface area is 310 Å². The van der Waals surface area contributed by atoms with Crippen LogP contribution in [0.2, 0.25) is 0 Å². The molecule has 1 saturated heterocycles. The maximum absolute atomic E-state index is 14.2. The van der Waals surface area contributed by atoms with Crippen LogP contribution >= 0.6 is 0 Å². The molecule has 7 rings (SSSR count). The van der Waals surface area contributed by atoms with E-state index in [1.807, 2.05) is 11.9 Å². The van der Waals surface area contributed by atoms with Gasteiger partial charge in [0.25, 0.3) is 11.8 Å². The summed E-state index contributed by atoms with van der Waals surface area (Å²) in [5.41, 5.74) is 1.16. The second-order valence-electron chi connectivity index (χ2n) is 14.7. The summed E-state index contributed by atoms with van der Waals surface area (Å²) in [6.45, 7) is 1.57. The van der Waals surface area contributed by atoms with Crippen LogP contribution in [0.5, 0.6) is 0 Å². The molecule has 5 heterocycles. The van der Waals surface area contributed by atoms with Gasteiger partial charge in [0.2, 0.25) is 5.95 Å². The lowest BCUT2D eigenvalue weighted by molar-refractivity contribution is -0.147. The smallest absolute Gasteiger partial charge is 0.418 e. The number of likely N-dealkylation sites (tertiary alicyclic amines) is 1. The molecule has 2 N–H and O–H groups in total. The van der Waals surface area contributed by atoms with Crippen molar-refractivity contribution in [2.75, 3.05) is 51.2 Å². The second-order valence-corrected chi connectivity index (χ2v) is 14.7. The number of nitrogens with zero attached hydrogens (tertiary/aromatic N) is 6. The van der Waals surface area contributed by atoms with Gasteiger partial charge in [-0.25, -0.2) is 9.78 Å². The summed E-state index contributed by atoms with van der Waals surface area (Å²) in [7, 11) is 4.88. The van der Waals surface area contributed by atoms with Crippen molar-refractivity contribution in [3.63, 3.8) is 0 Å². The minimum Gasteiger partial charge on any atom is -0.467 e. The van der Waals surface area contributed by atoms with E-state index < -0.39 is 29.7 Å². The molecule has 3 aliphatic rings. The van der Waals surface area contributed by atoms with E-state index in [1.165, 1.54) is 36.5 Å². The highest BCUT2D eigenvalue weighted by Gasteiger charge is 2.40. The number of fused-ring (bicyclic) bond motifs is 1. The minimum atomic E-state index is -4.58. The highest BCUT2D eigenvalue weighted by molar-refractivity contribution is 6.04. The number of pyridine rings is 3. The van der Waals surface area contributed by atoms with E-state index in [-0.39, 0.29) is 57.0 Å². The highest BCUT2D eigenvalue weighted by Crippen LogP contribution is 2.46. The van der Waals surface area contributed by atoms with E-state index in [2.05, 4.69) is 30.2 Å². The number of carbonyl (C=O) groups is 3. The van der Waals surface area contributed by atoms with Crippen LogP contribution in [0.1, 0.15) is 95.8 Å². The lowest BCUT2D eigenvalue weighted by atomic mass is 9.86. The van der Waals surface area contributed by atoms with E-state index in [1.54, 1.807) is 13.2 Å². The van der Waals surface area contributed by atoms with Gasteiger partial charge in [-0.05, 0) is 69.2 Å². The molecule has 3 fully saturated rings. The van der Waals surface area contributed by atoms with Crippen LogP contribution in [0.3, 0.4) is 0 Å². The molecule has 2 saturated carbocycles. The van der Waals surface area contributed by atoms with Gasteiger partial charge in [-0.3, -0.25) is 24.9 Å². The van der Waals surface area contributed by atoms with E-state index in [4.69, 9.17) is 9.47 Å². The lowest BCUT2D eigenvalue weighted by Gasteiger charge is -2.34. The number of anilines is 2. The summed E-state index contributed by atoms with van der Waals surface area (Å²) in [6, 6.07) is 5.03. The summed E-state index contributed by atoms with van der Waals surface area (Å²) >= 11 is 0. The number of alkyl halides is 3. The zero-order valence-corrected chi connectivity index (χ0v) is 30.5. The molecule has 1 aliphatic heterocycles. The van der Waals surface area contributed by atoms with Gasteiger partial charge >= 0.3 is 12.1 Å². The van der Waals surface area contributed by atoms with E-state index in [9.17, 15) is 27.6 Å². The number of rotatable bonds is 11. The number of imidazole rings is 1. The van der Waals surface area contributed by atoms with Crippen LogP contribution in [0.15, 0.2) is 36.7 Å². The first-order chi connectivity index (χ1) is 25.9. The number of piperidine rings is 1. The Morgan fingerprint density at radius 1 is 1.02 bits per heavy atom. The normalized spacial score (nSPS) is 18.5. The average molecular weight is 749 g/mol. The van der Waals surface area contributed by atoms with Crippen LogP contribution in [0, 0.1) is 5.41 Å². The van der Waals surface area contributed by atoms with Gasteiger partial charge in [0, 0.05) is 56.5 Å². The molecule has 4 aromatic heterocycles. The molecule has 4 aromatic rings. The van der Waals surface area contributed by atoms with Crippen molar-refractivity contribution < 1.29 is 37.0 Å². The fourth-order valence-electron chi connectivity index (χ4n) is 7.92. The molecule has 2 aliphatic carbocycles. The van der Waals surface area contributed by atoms with E-state index in [0.29, 0.717) is 50.2 Å². The number of hydrogen-bond donors (Lipinski definition) is 2. The van der Waals surface area contributed by atoms with E-state index >= 15 is 0 Å². The summed E-state index contributed by atoms with van der Waals surface area (Å²) in [4.78, 5) is 63.3. The maximum Gasteiger partial charge on any atom is 0.418 e. The third-order valence-electron chi connectivity index (χ3n) is 10.7. The Bertz CT molecular complexity index is 2040. The van der Waals surface area contributed by atoms with Gasteiger partial charge < -0.3 is 24.3 Å². The molecule has 0 aromatic carbocycles. The Morgan fingerprint density at radius 2 is 1.80 bits per heavy atom. The summed E-state index contributed by atoms with van der Waals surface area (Å²) in [5, 5.41) is 2.71. The average Bonchev–Trinajstić information content (AvgIpc) is 3.79. The molecule has 16 heteroatoms. The third-order valence-corrected chi connectivity index (χ3v) is 10.7. The molecule has 0 radical (unpaired) electrons. The number of nitrogens with one attached hydrogen (secondary N) is 2. The van der Waals surface area contributed by atoms with Crippen LogP contribution < -0.4 is 10.2 Å². The quantitative estimate of drug-likeness (QED) is 0.165. The van der Waals surface area contributed by atoms with Crippen molar-refractivity contribution in [2.45, 2.75) is 75.9 Å². The van der Waals surface area contributed by atoms with Crippen molar-refractivity contribution in [2.24, 2.45) is 5.41 Å². The Hall–Kier alpha value is -5.12. The lowest BCUT2D eigenvalue weighted by Crippen LogP contribution is -2.48. The van der Waals surface area contributed by atoms with Crippen LogP contribution in [-0.4, -0.2) is 94.6 Å². The fraction of sp³-hybridized carbons (Fsp3) is 0.500. The van der Waals surface area contributed by atoms with Crippen LogP contribution in [0.25, 0.3) is 22.4 Å². The zero-order valence-electron chi connectivity index (χ0n) is 30.5. The van der Waals surface area contributed by atoms with Crippen molar-refractivity contribution in [1.82, 2.24) is 29.8 Å². The van der Waals surface area contributed by atoms with Crippen molar-refractivity contribution in [3.05, 3.63) is 59.2 Å². The standard InChI is InChI=1S/C38H43F3N8O5/c1-48(20-37(21-53-2)13-5-6-14-37)29-17-27(24-16-25(38(39,40)41)30(43-19-24)22-9-10-22)44-32-31(29)45-36(46-32)47-33(50)26-12-11-23(18-42-26)34(51)49-15-7-4-8-28(49)35(52)54-3/h11-12,16-19,22,28H,4-10,13-15,20-21H2,1-3H3,(H2,44,45,46,47,50). The van der Waals surface area contributed by atoms with Crippen molar-refractivity contribution >= 4 is 40.6 Å². The van der Waals surface area contributed by atoms with Crippen molar-refractivity contribution in [3.8, 4) is 11.3 Å². The molecule has 1 unspecified atom stereocenters. The first-order valence-electron chi connectivity index (χ1n) is 18.2. The number of carbonyl (C=O) groups excluding carboxylic acids is 3. The molecule has 1 atom stereocenters. The largest absolute Gasteiger partial charge is 0.467 e. The number of hydrogen-bond acceptors (Lipinski definition) is 10. The van der Waals surface area contributed by atoms with Gasteiger partial charge in [0.05, 0.1) is 41.9 Å². The van der Waals surface area contributed by atoms with Crippen molar-refractivity contribution in [1.29, 1.82) is 0 Å². The van der Waals surface area contributed by atoms with Gasteiger partial charge in [0.1, 0.15) is 17.3 Å². The summed E-state index contributed by atoms with van der Waals surface area (Å²) < 4.78 is 53.2. The molecule has 54 heavy (non-hydrogen) atoms. The molecule has 0 bridgehead atoms. The summed E-state index contributed by atoms with van der Waals surface area (Å²) in [5.74, 6) is -1.63. The fourth-order valence-corrected chi connectivity index (χ4v) is 7.92. The molecule has 0 spiro atoms. The number of H-pyrrole nitrogens is 1. The number of aromatic amines is 1. The first kappa shape index (κ1) is 37.2. The molecule has 2 amide bonds. The summed E-state index contributed by atoms with van der Waals surface area (Å²) in [6.07, 6.45) is 5.63. The predicted octanol–water partition coefficient (Wildman–Crippen LogP) is 6.37. The van der Waals surface area contributed by atoms with Gasteiger partial charge in [0.15, 0.2) is 5.65 Å². The zero-order chi connectivity index (χ0) is 38.2. The SMILES string of the molecule is COCC1(CN(C)c2cc(-c3cnc(C4CC4)c(C(F)(F)F)c3)nc3nc(NC(=O)c4ccc(C(=O)N5CCCCC5C(=O)OC)cn4)[nH]c23)CCCC1. The van der Waals surface area contributed by atoms with Gasteiger partial charge in [-0.2, -0.15) is 18.2 Å². The topological polar surface area (TPSA) is 156 Å². The minimum absolute atomic E-state index is 0.00501. The molecular weight excluding hydrogens is 705 g/mol. The second kappa shape index (κ2) is 15.0. The number of ether oxygens (including phenoxy) is 2. The molecule has 13 nitrogen and oxygen atoms in total. The maximum atomic E-state index is 14.2. The third kappa shape index (κ3) is 7.61. The first-order valence-corrected chi connectivity index (χ1v) is 18.2. The number of aromatic nitrogens is 5. The molecular formula is C38H43F3N8O5. The number of esters is 1. The predicted molar refractivity (Wildman–Crippen MR) is 193 cm³/mol. The number of methoxy groups -OCH3 is 2. The monoisotopic (exact) mass is 748 g/mol. The highest BCUT2D eigenvalue weighted by atomic mass is 19.4. The van der Waals surface area contributed by atoms with Crippen LogP contribution in [-0.2, 0) is 20.4 Å². The number of amides is 2. The number of halogens is 3. The van der Waals surface area contributed by atoms with E-state index in [0.717, 1.165) is 44.6 Å².